The number of rotatable bonds is 6. The lowest BCUT2D eigenvalue weighted by atomic mass is 10.1. The van der Waals surface area contributed by atoms with Crippen molar-refractivity contribution in [3.63, 3.8) is 0 Å². The Kier molecular flexibility index (Phi) is 5.76. The maximum absolute atomic E-state index is 13.1. The number of nitrogens with one attached hydrogen (secondary N) is 1. The summed E-state index contributed by atoms with van der Waals surface area (Å²) in [6, 6.07) is 20.6. The van der Waals surface area contributed by atoms with E-state index in [4.69, 9.17) is 0 Å². The Balaban J connectivity index is 1.53. The second-order valence-electron chi connectivity index (χ2n) is 7.67. The highest BCUT2D eigenvalue weighted by atomic mass is 16.1. The molecule has 5 heteroatoms. The number of benzene rings is 2. The summed E-state index contributed by atoms with van der Waals surface area (Å²) in [4.78, 5) is 15.6. The molecule has 2 aromatic carbocycles. The molecule has 1 N–H and O–H groups in total. The van der Waals surface area contributed by atoms with Crippen LogP contribution in [0.3, 0.4) is 0 Å². The third-order valence-corrected chi connectivity index (χ3v) is 5.74. The first-order valence-corrected chi connectivity index (χ1v) is 10.3. The molecule has 3 aromatic rings. The van der Waals surface area contributed by atoms with Gasteiger partial charge in [-0.15, -0.1) is 0 Å². The molecule has 0 bridgehead atoms. The maximum atomic E-state index is 13.1. The molecule has 1 aliphatic rings. The van der Waals surface area contributed by atoms with E-state index in [-0.39, 0.29) is 11.9 Å². The number of para-hydroxylation sites is 1. The molecule has 4 rings (SSSR count). The number of aromatic nitrogens is 2. The Labute approximate surface area is 172 Å². The van der Waals surface area contributed by atoms with E-state index in [9.17, 15) is 4.79 Å². The molecule has 1 saturated heterocycles. The van der Waals surface area contributed by atoms with Gasteiger partial charge in [-0.05, 0) is 57.5 Å². The number of hydrogen-bond acceptors (Lipinski definition) is 3. The average Bonchev–Trinajstić information content (AvgIpc) is 3.38. The van der Waals surface area contributed by atoms with E-state index in [2.05, 4.69) is 39.6 Å². The Morgan fingerprint density at radius 2 is 1.62 bits per heavy atom. The van der Waals surface area contributed by atoms with E-state index in [1.807, 2.05) is 54.9 Å². The van der Waals surface area contributed by atoms with Crippen molar-refractivity contribution in [2.45, 2.75) is 32.7 Å². The molecule has 0 saturated carbocycles. The molecule has 1 aliphatic heterocycles. The second-order valence-corrected chi connectivity index (χ2v) is 7.67. The number of carbonyl (C=O) groups excluding carboxylic acids is 1. The molecule has 5 nitrogen and oxygen atoms in total. The van der Waals surface area contributed by atoms with Crippen LogP contribution in [0.25, 0.3) is 5.69 Å². The van der Waals surface area contributed by atoms with E-state index >= 15 is 0 Å². The first-order chi connectivity index (χ1) is 14.1. The zero-order valence-electron chi connectivity index (χ0n) is 17.1. The quantitative estimate of drug-likeness (QED) is 0.693. The summed E-state index contributed by atoms with van der Waals surface area (Å²) in [5.74, 6) is -0.0534. The van der Waals surface area contributed by atoms with Gasteiger partial charge < -0.3 is 5.32 Å². The maximum Gasteiger partial charge on any atom is 0.255 e. The van der Waals surface area contributed by atoms with Gasteiger partial charge in [0, 0.05) is 6.54 Å². The minimum Gasteiger partial charge on any atom is -0.350 e. The Morgan fingerprint density at radius 3 is 2.28 bits per heavy atom. The van der Waals surface area contributed by atoms with E-state index in [1.165, 1.54) is 18.4 Å². The number of hydrogen-bond donors (Lipinski definition) is 1. The van der Waals surface area contributed by atoms with E-state index in [1.54, 1.807) is 0 Å². The Bertz CT molecular complexity index is 959. The number of aryl methyl sites for hydroxylation is 1. The van der Waals surface area contributed by atoms with Gasteiger partial charge in [0.15, 0.2) is 0 Å². The van der Waals surface area contributed by atoms with Crippen molar-refractivity contribution >= 4 is 5.91 Å². The van der Waals surface area contributed by atoms with Crippen LogP contribution in [0.15, 0.2) is 60.7 Å². The third-order valence-electron chi connectivity index (χ3n) is 5.74. The van der Waals surface area contributed by atoms with Crippen LogP contribution in [0.4, 0.5) is 0 Å². The van der Waals surface area contributed by atoms with Crippen LogP contribution in [0.5, 0.6) is 0 Å². The molecule has 0 radical (unpaired) electrons. The summed E-state index contributed by atoms with van der Waals surface area (Å²) in [6.45, 7) is 6.62. The molecule has 1 unspecified atom stereocenters. The Morgan fingerprint density at radius 1 is 1.00 bits per heavy atom. The minimum absolute atomic E-state index is 0.0534. The molecular weight excluding hydrogens is 360 g/mol. The summed E-state index contributed by atoms with van der Waals surface area (Å²) < 4.78 is 1.85. The van der Waals surface area contributed by atoms with Crippen LogP contribution in [0.2, 0.25) is 0 Å². The number of amides is 1. The minimum atomic E-state index is -0.0534. The number of likely N-dealkylation sites (tertiary alicyclic amines) is 1. The van der Waals surface area contributed by atoms with Gasteiger partial charge in [0.1, 0.15) is 0 Å². The molecule has 1 aromatic heterocycles. The smallest absolute Gasteiger partial charge is 0.255 e. The van der Waals surface area contributed by atoms with Crippen molar-refractivity contribution in [1.82, 2.24) is 20.0 Å². The summed E-state index contributed by atoms with van der Waals surface area (Å²) in [5.41, 5.74) is 4.50. The lowest BCUT2D eigenvalue weighted by Gasteiger charge is -2.28. The molecular formula is C24H28N4O. The predicted octanol–water partition coefficient (Wildman–Crippen LogP) is 4.06. The van der Waals surface area contributed by atoms with Crippen molar-refractivity contribution in [3.05, 3.63) is 83.2 Å². The van der Waals surface area contributed by atoms with Crippen LogP contribution in [0, 0.1) is 13.8 Å². The molecule has 2 heterocycles. The second kappa shape index (κ2) is 8.62. The fourth-order valence-electron chi connectivity index (χ4n) is 4.26. The van der Waals surface area contributed by atoms with Gasteiger partial charge in [0.05, 0.1) is 28.7 Å². The van der Waals surface area contributed by atoms with Crippen LogP contribution >= 0.6 is 0 Å². The van der Waals surface area contributed by atoms with Crippen molar-refractivity contribution in [2.24, 2.45) is 0 Å². The van der Waals surface area contributed by atoms with Crippen LogP contribution in [-0.4, -0.2) is 40.2 Å². The summed E-state index contributed by atoms with van der Waals surface area (Å²) >= 11 is 0. The molecule has 29 heavy (non-hydrogen) atoms. The first-order valence-electron chi connectivity index (χ1n) is 10.3. The first kappa shape index (κ1) is 19.4. The Hall–Kier alpha value is -2.92. The largest absolute Gasteiger partial charge is 0.350 e. The van der Waals surface area contributed by atoms with Gasteiger partial charge in [-0.3, -0.25) is 9.69 Å². The van der Waals surface area contributed by atoms with Crippen molar-refractivity contribution < 1.29 is 4.79 Å². The zero-order valence-corrected chi connectivity index (χ0v) is 17.1. The normalized spacial score (nSPS) is 15.4. The lowest BCUT2D eigenvalue weighted by molar-refractivity contribution is 0.0936. The molecule has 1 fully saturated rings. The lowest BCUT2D eigenvalue weighted by Crippen LogP contribution is -2.37. The topological polar surface area (TPSA) is 50.2 Å². The van der Waals surface area contributed by atoms with Crippen molar-refractivity contribution in [1.29, 1.82) is 0 Å². The monoisotopic (exact) mass is 388 g/mol. The predicted molar refractivity (Wildman–Crippen MR) is 115 cm³/mol. The fourth-order valence-corrected chi connectivity index (χ4v) is 4.26. The number of nitrogens with zero attached hydrogens (tertiary/aromatic N) is 3. The van der Waals surface area contributed by atoms with Crippen LogP contribution in [0.1, 0.15) is 46.2 Å². The van der Waals surface area contributed by atoms with Gasteiger partial charge >= 0.3 is 0 Å². The summed E-state index contributed by atoms with van der Waals surface area (Å²) in [7, 11) is 0. The third kappa shape index (κ3) is 4.10. The zero-order chi connectivity index (χ0) is 20.2. The summed E-state index contributed by atoms with van der Waals surface area (Å²) in [6.07, 6.45) is 2.44. The molecule has 0 spiro atoms. The highest BCUT2D eigenvalue weighted by molar-refractivity contribution is 5.96. The molecule has 1 atom stereocenters. The highest BCUT2D eigenvalue weighted by Gasteiger charge is 2.25. The molecule has 150 valence electrons. The van der Waals surface area contributed by atoms with Crippen molar-refractivity contribution in [3.8, 4) is 5.69 Å². The number of carbonyl (C=O) groups is 1. The van der Waals surface area contributed by atoms with E-state index in [0.717, 1.165) is 30.2 Å². The van der Waals surface area contributed by atoms with E-state index < -0.39 is 0 Å². The van der Waals surface area contributed by atoms with E-state index in [0.29, 0.717) is 12.1 Å². The van der Waals surface area contributed by atoms with Gasteiger partial charge in [0.2, 0.25) is 0 Å². The summed E-state index contributed by atoms with van der Waals surface area (Å²) in [5, 5.41) is 7.80. The van der Waals surface area contributed by atoms with Crippen LogP contribution in [-0.2, 0) is 0 Å². The SMILES string of the molecule is Cc1nn(-c2ccccc2)c(C)c1C(=O)NCC(c1ccccc1)N1CCCC1. The molecule has 1 amide bonds. The average molecular weight is 389 g/mol. The van der Waals surface area contributed by atoms with Crippen molar-refractivity contribution in [2.75, 3.05) is 19.6 Å². The molecule has 0 aliphatic carbocycles. The van der Waals surface area contributed by atoms with Gasteiger partial charge in [0.25, 0.3) is 5.91 Å². The van der Waals surface area contributed by atoms with Crippen LogP contribution < -0.4 is 5.32 Å². The van der Waals surface area contributed by atoms with Gasteiger partial charge in [-0.2, -0.15) is 5.10 Å². The highest BCUT2D eigenvalue weighted by Crippen LogP contribution is 2.25. The standard InChI is InChI=1S/C24H28N4O/c1-18-23(19(2)28(26-18)21-13-7-4-8-14-21)24(29)25-17-22(27-15-9-10-16-27)20-11-5-3-6-12-20/h3-8,11-14,22H,9-10,15-17H2,1-2H3,(H,25,29). The van der Waals surface area contributed by atoms with Gasteiger partial charge in [-0.25, -0.2) is 4.68 Å². The fraction of sp³-hybridized carbons (Fsp3) is 0.333. The van der Waals surface area contributed by atoms with Gasteiger partial charge in [-0.1, -0.05) is 48.5 Å².